The molecule has 0 radical (unpaired) electrons. The van der Waals surface area contributed by atoms with Crippen molar-refractivity contribution in [3.8, 4) is 11.3 Å². The fraction of sp³-hybridized carbons (Fsp3) is 0.348. The number of β-amino-alcohol motifs (C(OH)–C–C–N with tert-alkyl or cyclic N) is 1. The summed E-state index contributed by atoms with van der Waals surface area (Å²) in [6.07, 6.45) is 1.88. The van der Waals surface area contributed by atoms with Crippen molar-refractivity contribution < 1.29 is 5.11 Å². The zero-order valence-corrected chi connectivity index (χ0v) is 16.3. The van der Waals surface area contributed by atoms with E-state index in [0.717, 1.165) is 37.4 Å². The molecule has 0 spiro atoms. The standard InChI is InChI=1S/C23H28N4O/c1-17-7-9-19(10-8-17)23-21(13-24-11-20-12-25-14-22(20)28)16-27(26-23)15-18-5-3-2-4-6-18/h2-10,16,20,22,24-25,28H,11-15H2,1H3. The van der Waals surface area contributed by atoms with Gasteiger partial charge >= 0.3 is 0 Å². The third-order valence-electron chi connectivity index (χ3n) is 5.38. The molecular weight excluding hydrogens is 348 g/mol. The van der Waals surface area contributed by atoms with Gasteiger partial charge in [-0.25, -0.2) is 0 Å². The summed E-state index contributed by atoms with van der Waals surface area (Å²) < 4.78 is 2.02. The highest BCUT2D eigenvalue weighted by molar-refractivity contribution is 5.63. The first kappa shape index (κ1) is 18.9. The highest BCUT2D eigenvalue weighted by atomic mass is 16.3. The minimum Gasteiger partial charge on any atom is -0.391 e. The lowest BCUT2D eigenvalue weighted by Crippen LogP contribution is -2.30. The van der Waals surface area contributed by atoms with E-state index >= 15 is 0 Å². The Morgan fingerprint density at radius 2 is 1.89 bits per heavy atom. The van der Waals surface area contributed by atoms with Crippen molar-refractivity contribution in [1.29, 1.82) is 0 Å². The van der Waals surface area contributed by atoms with E-state index in [0.29, 0.717) is 6.54 Å². The van der Waals surface area contributed by atoms with E-state index < -0.39 is 0 Å². The van der Waals surface area contributed by atoms with Crippen molar-refractivity contribution in [2.24, 2.45) is 5.92 Å². The molecule has 3 N–H and O–H groups in total. The van der Waals surface area contributed by atoms with Crippen LogP contribution in [0.5, 0.6) is 0 Å². The molecule has 1 saturated heterocycles. The van der Waals surface area contributed by atoms with E-state index in [1.807, 2.05) is 10.7 Å². The number of hydrogen-bond donors (Lipinski definition) is 3. The first-order valence-corrected chi connectivity index (χ1v) is 9.96. The molecule has 0 amide bonds. The maximum Gasteiger partial charge on any atom is 0.0968 e. The van der Waals surface area contributed by atoms with Gasteiger partial charge in [0.15, 0.2) is 0 Å². The van der Waals surface area contributed by atoms with Gasteiger partial charge in [0.05, 0.1) is 18.3 Å². The van der Waals surface area contributed by atoms with Gasteiger partial charge in [0.1, 0.15) is 0 Å². The van der Waals surface area contributed by atoms with Gasteiger partial charge in [-0.3, -0.25) is 4.68 Å². The van der Waals surface area contributed by atoms with Gasteiger partial charge < -0.3 is 15.7 Å². The molecule has 146 valence electrons. The zero-order chi connectivity index (χ0) is 19.3. The van der Waals surface area contributed by atoms with Gasteiger partial charge in [0.2, 0.25) is 0 Å². The van der Waals surface area contributed by atoms with Crippen molar-refractivity contribution >= 4 is 0 Å². The first-order chi connectivity index (χ1) is 13.7. The van der Waals surface area contributed by atoms with Crippen LogP contribution >= 0.6 is 0 Å². The summed E-state index contributed by atoms with van der Waals surface area (Å²) in [6.45, 7) is 5.95. The number of nitrogens with zero attached hydrogens (tertiary/aromatic N) is 2. The average molecular weight is 377 g/mol. The Kier molecular flexibility index (Phi) is 5.86. The second-order valence-corrected chi connectivity index (χ2v) is 7.67. The zero-order valence-electron chi connectivity index (χ0n) is 16.3. The molecule has 2 heterocycles. The molecule has 2 atom stereocenters. The van der Waals surface area contributed by atoms with Crippen LogP contribution in [0.25, 0.3) is 11.3 Å². The summed E-state index contributed by atoms with van der Waals surface area (Å²) >= 11 is 0. The normalized spacial score (nSPS) is 19.2. The van der Waals surface area contributed by atoms with Crippen LogP contribution in [0, 0.1) is 12.8 Å². The Labute approximate surface area is 166 Å². The molecule has 5 heteroatoms. The minimum atomic E-state index is -0.259. The number of aryl methyl sites for hydroxylation is 1. The third-order valence-corrected chi connectivity index (χ3v) is 5.38. The van der Waals surface area contributed by atoms with Crippen LogP contribution in [-0.4, -0.2) is 40.6 Å². The Morgan fingerprint density at radius 1 is 1.11 bits per heavy atom. The summed E-state index contributed by atoms with van der Waals surface area (Å²) in [5, 5.41) is 21.6. The Balaban J connectivity index is 1.52. The average Bonchev–Trinajstić information content (AvgIpc) is 3.29. The molecule has 2 aromatic carbocycles. The number of nitrogens with one attached hydrogen (secondary N) is 2. The molecule has 0 aliphatic carbocycles. The van der Waals surface area contributed by atoms with Crippen molar-refractivity contribution in [2.75, 3.05) is 19.6 Å². The van der Waals surface area contributed by atoms with Gasteiger partial charge in [0.25, 0.3) is 0 Å². The van der Waals surface area contributed by atoms with E-state index in [1.165, 1.54) is 16.7 Å². The predicted molar refractivity (Wildman–Crippen MR) is 112 cm³/mol. The monoisotopic (exact) mass is 376 g/mol. The van der Waals surface area contributed by atoms with Crippen molar-refractivity contribution in [1.82, 2.24) is 20.4 Å². The third kappa shape index (κ3) is 4.50. The predicted octanol–water partition coefficient (Wildman–Crippen LogP) is 2.58. The number of aliphatic hydroxyl groups is 1. The highest BCUT2D eigenvalue weighted by Gasteiger charge is 2.24. The molecule has 4 rings (SSSR count). The Hall–Kier alpha value is -2.47. The van der Waals surface area contributed by atoms with Gasteiger partial charge in [-0.05, 0) is 12.5 Å². The molecule has 1 fully saturated rings. The number of rotatable bonds is 7. The van der Waals surface area contributed by atoms with Gasteiger partial charge in [-0.2, -0.15) is 5.10 Å². The molecule has 5 nitrogen and oxygen atoms in total. The number of benzene rings is 2. The van der Waals surface area contributed by atoms with E-state index in [-0.39, 0.29) is 12.0 Å². The first-order valence-electron chi connectivity index (χ1n) is 9.96. The van der Waals surface area contributed by atoms with Crippen molar-refractivity contribution in [3.63, 3.8) is 0 Å². The SMILES string of the molecule is Cc1ccc(-c2nn(Cc3ccccc3)cc2CNCC2CNCC2O)cc1. The molecule has 2 unspecified atom stereocenters. The van der Waals surface area contributed by atoms with Crippen molar-refractivity contribution in [2.45, 2.75) is 26.1 Å². The number of aliphatic hydroxyl groups excluding tert-OH is 1. The molecule has 1 aliphatic heterocycles. The fourth-order valence-electron chi connectivity index (χ4n) is 3.72. The quantitative estimate of drug-likeness (QED) is 0.593. The van der Waals surface area contributed by atoms with Crippen LogP contribution in [-0.2, 0) is 13.1 Å². The maximum atomic E-state index is 9.99. The summed E-state index contributed by atoms with van der Waals surface area (Å²) in [4.78, 5) is 0. The largest absolute Gasteiger partial charge is 0.391 e. The van der Waals surface area contributed by atoms with Gasteiger partial charge in [0, 0.05) is 49.4 Å². The second-order valence-electron chi connectivity index (χ2n) is 7.67. The lowest BCUT2D eigenvalue weighted by Gasteiger charge is -2.14. The van der Waals surface area contributed by atoms with E-state index in [1.54, 1.807) is 0 Å². The maximum absolute atomic E-state index is 9.99. The van der Waals surface area contributed by atoms with E-state index in [9.17, 15) is 5.11 Å². The van der Waals surface area contributed by atoms with Crippen LogP contribution in [0.3, 0.4) is 0 Å². The molecule has 0 saturated carbocycles. The van der Waals surface area contributed by atoms with Crippen LogP contribution in [0.1, 0.15) is 16.7 Å². The molecule has 1 aliphatic rings. The molecule has 3 aromatic rings. The summed E-state index contributed by atoms with van der Waals surface area (Å²) in [6, 6.07) is 18.9. The van der Waals surface area contributed by atoms with E-state index in [4.69, 9.17) is 5.10 Å². The second kappa shape index (κ2) is 8.69. The Bertz CT molecular complexity index is 889. The lowest BCUT2D eigenvalue weighted by molar-refractivity contribution is 0.146. The van der Waals surface area contributed by atoms with Crippen LogP contribution < -0.4 is 10.6 Å². The molecule has 28 heavy (non-hydrogen) atoms. The smallest absolute Gasteiger partial charge is 0.0968 e. The van der Waals surface area contributed by atoms with Crippen LogP contribution in [0.2, 0.25) is 0 Å². The fourth-order valence-corrected chi connectivity index (χ4v) is 3.72. The van der Waals surface area contributed by atoms with Gasteiger partial charge in [-0.1, -0.05) is 60.2 Å². The highest BCUT2D eigenvalue weighted by Crippen LogP contribution is 2.23. The van der Waals surface area contributed by atoms with E-state index in [2.05, 4.69) is 72.3 Å². The molecule has 1 aromatic heterocycles. The molecule has 0 bridgehead atoms. The molecular formula is C23H28N4O. The van der Waals surface area contributed by atoms with Gasteiger partial charge in [-0.15, -0.1) is 0 Å². The van der Waals surface area contributed by atoms with Crippen LogP contribution in [0.4, 0.5) is 0 Å². The summed E-state index contributed by atoms with van der Waals surface area (Å²) in [5.41, 5.74) is 5.82. The van der Waals surface area contributed by atoms with Crippen molar-refractivity contribution in [3.05, 3.63) is 77.5 Å². The Morgan fingerprint density at radius 3 is 2.61 bits per heavy atom. The number of hydrogen-bond acceptors (Lipinski definition) is 4. The topological polar surface area (TPSA) is 62.1 Å². The van der Waals surface area contributed by atoms with Crippen LogP contribution in [0.15, 0.2) is 60.8 Å². The summed E-state index contributed by atoms with van der Waals surface area (Å²) in [7, 11) is 0. The summed E-state index contributed by atoms with van der Waals surface area (Å²) in [5.74, 6) is 0.266. The minimum absolute atomic E-state index is 0.259. The lowest BCUT2D eigenvalue weighted by atomic mass is 10.1. The number of aromatic nitrogens is 2.